The molecule has 8 heteroatoms. The monoisotopic (exact) mass is 367 g/mol. The summed E-state index contributed by atoms with van der Waals surface area (Å²) in [6.45, 7) is 2.75. The maximum absolute atomic E-state index is 12.9. The summed E-state index contributed by atoms with van der Waals surface area (Å²) in [6, 6.07) is 7.62. The molecule has 0 spiro atoms. The van der Waals surface area contributed by atoms with Gasteiger partial charge in [-0.25, -0.2) is 0 Å². The summed E-state index contributed by atoms with van der Waals surface area (Å²) in [5.74, 6) is 1.90. The fourth-order valence-corrected chi connectivity index (χ4v) is 3.93. The third-order valence-electron chi connectivity index (χ3n) is 5.40. The number of carbonyl (C=O) groups is 1. The van der Waals surface area contributed by atoms with Gasteiger partial charge in [0, 0.05) is 38.0 Å². The first kappa shape index (κ1) is 16.4. The predicted octanol–water partition coefficient (Wildman–Crippen LogP) is 1.90. The molecule has 0 saturated carbocycles. The zero-order valence-corrected chi connectivity index (χ0v) is 15.0. The van der Waals surface area contributed by atoms with Gasteiger partial charge in [-0.15, -0.1) is 10.2 Å². The van der Waals surface area contributed by atoms with Gasteiger partial charge in [0.25, 0.3) is 0 Å². The maximum atomic E-state index is 12.9. The average Bonchev–Trinajstić information content (AvgIpc) is 3.40. The average molecular weight is 367 g/mol. The first-order valence-corrected chi connectivity index (χ1v) is 9.44. The van der Waals surface area contributed by atoms with Crippen LogP contribution in [-0.4, -0.2) is 50.4 Å². The van der Waals surface area contributed by atoms with Crippen LogP contribution in [0.2, 0.25) is 0 Å². The molecular formula is C19H21N5O3. The Labute approximate surface area is 156 Å². The molecule has 5 rings (SSSR count). The van der Waals surface area contributed by atoms with Crippen molar-refractivity contribution in [2.45, 2.75) is 38.3 Å². The molecule has 140 valence electrons. The Balaban J connectivity index is 1.30. The molecule has 0 unspecified atom stereocenters. The summed E-state index contributed by atoms with van der Waals surface area (Å²) in [7, 11) is 0. The van der Waals surface area contributed by atoms with Crippen LogP contribution in [0.5, 0.6) is 0 Å². The number of hydrogen-bond donors (Lipinski definition) is 0. The van der Waals surface area contributed by atoms with Crippen LogP contribution in [0.15, 0.2) is 28.8 Å². The number of hydrogen-bond acceptors (Lipinski definition) is 6. The second kappa shape index (κ2) is 6.77. The van der Waals surface area contributed by atoms with Gasteiger partial charge in [-0.2, -0.15) is 0 Å². The van der Waals surface area contributed by atoms with E-state index in [1.165, 1.54) is 0 Å². The van der Waals surface area contributed by atoms with Crippen molar-refractivity contribution in [1.29, 1.82) is 0 Å². The zero-order valence-electron chi connectivity index (χ0n) is 15.0. The SMILES string of the molecule is O=C(Cc1noc2ccccc12)N1CCc2nnc([C@H]3CCCO3)n2CC1. The molecule has 1 aromatic carbocycles. The Bertz CT molecular complexity index is 973. The van der Waals surface area contributed by atoms with Crippen molar-refractivity contribution in [2.75, 3.05) is 19.7 Å². The molecule has 1 amide bonds. The minimum absolute atomic E-state index is 0.0370. The minimum atomic E-state index is 0.0370. The molecule has 2 aliphatic rings. The highest BCUT2D eigenvalue weighted by Gasteiger charge is 2.28. The highest BCUT2D eigenvalue weighted by atomic mass is 16.5. The number of carbonyl (C=O) groups excluding carboxylic acids is 1. The lowest BCUT2D eigenvalue weighted by Crippen LogP contribution is -2.35. The van der Waals surface area contributed by atoms with Crippen LogP contribution < -0.4 is 0 Å². The molecule has 3 aromatic rings. The van der Waals surface area contributed by atoms with Gasteiger partial charge in [-0.1, -0.05) is 17.3 Å². The van der Waals surface area contributed by atoms with E-state index in [0.29, 0.717) is 37.3 Å². The summed E-state index contributed by atoms with van der Waals surface area (Å²) >= 11 is 0. The summed E-state index contributed by atoms with van der Waals surface area (Å²) in [4.78, 5) is 14.7. The number of nitrogens with zero attached hydrogens (tertiary/aromatic N) is 5. The quantitative estimate of drug-likeness (QED) is 0.703. The molecule has 0 radical (unpaired) electrons. The third kappa shape index (κ3) is 2.99. The van der Waals surface area contributed by atoms with Gasteiger partial charge in [0.15, 0.2) is 11.4 Å². The van der Waals surface area contributed by atoms with E-state index in [9.17, 15) is 4.79 Å². The third-order valence-corrected chi connectivity index (χ3v) is 5.40. The van der Waals surface area contributed by atoms with Crippen molar-refractivity contribution >= 4 is 16.9 Å². The van der Waals surface area contributed by atoms with E-state index in [2.05, 4.69) is 19.9 Å². The number of amides is 1. The molecule has 8 nitrogen and oxygen atoms in total. The van der Waals surface area contributed by atoms with Crippen LogP contribution in [0, 0.1) is 0 Å². The highest BCUT2D eigenvalue weighted by Crippen LogP contribution is 2.28. The van der Waals surface area contributed by atoms with Crippen molar-refractivity contribution in [3.05, 3.63) is 41.6 Å². The van der Waals surface area contributed by atoms with Crippen molar-refractivity contribution in [3.8, 4) is 0 Å². The standard InChI is InChI=1S/C19H21N5O3/c25-18(12-14-13-4-1-2-5-15(13)27-22-14)23-8-7-17-20-21-19(24(17)10-9-23)16-6-3-11-26-16/h1-2,4-5,16H,3,6-12H2/t16-/m1/s1. The van der Waals surface area contributed by atoms with Crippen LogP contribution in [0.3, 0.4) is 0 Å². The largest absolute Gasteiger partial charge is 0.370 e. The van der Waals surface area contributed by atoms with Crippen molar-refractivity contribution < 1.29 is 14.1 Å². The second-order valence-electron chi connectivity index (χ2n) is 7.06. The maximum Gasteiger partial charge on any atom is 0.228 e. The molecule has 0 bridgehead atoms. The summed E-state index contributed by atoms with van der Waals surface area (Å²) in [5.41, 5.74) is 1.41. The van der Waals surface area contributed by atoms with Crippen molar-refractivity contribution in [1.82, 2.24) is 24.8 Å². The topological polar surface area (TPSA) is 86.3 Å². The van der Waals surface area contributed by atoms with Crippen molar-refractivity contribution in [3.63, 3.8) is 0 Å². The van der Waals surface area contributed by atoms with Crippen LogP contribution >= 0.6 is 0 Å². The number of fused-ring (bicyclic) bond motifs is 2. The van der Waals surface area contributed by atoms with Crippen molar-refractivity contribution in [2.24, 2.45) is 0 Å². The molecule has 0 aliphatic carbocycles. The Kier molecular flexibility index (Phi) is 4.12. The molecular weight excluding hydrogens is 346 g/mol. The first-order chi connectivity index (χ1) is 13.3. The molecule has 2 aromatic heterocycles. The molecule has 27 heavy (non-hydrogen) atoms. The molecule has 1 atom stereocenters. The smallest absolute Gasteiger partial charge is 0.228 e. The number of ether oxygens (including phenoxy) is 1. The summed E-state index contributed by atoms with van der Waals surface area (Å²) < 4.78 is 13.2. The fraction of sp³-hybridized carbons (Fsp3) is 0.474. The summed E-state index contributed by atoms with van der Waals surface area (Å²) in [5, 5.41) is 13.7. The number of rotatable bonds is 3. The Morgan fingerprint density at radius 2 is 2.11 bits per heavy atom. The second-order valence-corrected chi connectivity index (χ2v) is 7.06. The van der Waals surface area contributed by atoms with Crippen LogP contribution in [-0.2, 0) is 28.9 Å². The van der Waals surface area contributed by atoms with E-state index in [0.717, 1.165) is 36.5 Å². The molecule has 2 aliphatic heterocycles. The lowest BCUT2D eigenvalue weighted by Gasteiger charge is -2.20. The van der Waals surface area contributed by atoms with Gasteiger partial charge in [-0.3, -0.25) is 4.79 Å². The van der Waals surface area contributed by atoms with Crippen LogP contribution in [0.1, 0.15) is 36.3 Å². The van der Waals surface area contributed by atoms with Gasteiger partial charge in [-0.05, 0) is 25.0 Å². The Morgan fingerprint density at radius 3 is 3.00 bits per heavy atom. The van der Waals surface area contributed by atoms with Gasteiger partial charge >= 0.3 is 0 Å². The van der Waals surface area contributed by atoms with Crippen LogP contribution in [0.4, 0.5) is 0 Å². The molecule has 0 N–H and O–H groups in total. The van der Waals surface area contributed by atoms with Crippen LogP contribution in [0.25, 0.3) is 11.0 Å². The molecule has 4 heterocycles. The Morgan fingerprint density at radius 1 is 1.19 bits per heavy atom. The van der Waals surface area contributed by atoms with E-state index >= 15 is 0 Å². The normalized spacial score (nSPS) is 20.0. The van der Waals surface area contributed by atoms with E-state index in [1.54, 1.807) is 0 Å². The number of aromatic nitrogens is 4. The van der Waals surface area contributed by atoms with Gasteiger partial charge < -0.3 is 18.7 Å². The van der Waals surface area contributed by atoms with E-state index < -0.39 is 0 Å². The number of para-hydroxylation sites is 1. The Hall–Kier alpha value is -2.74. The first-order valence-electron chi connectivity index (χ1n) is 9.44. The van der Waals surface area contributed by atoms with Gasteiger partial charge in [0.1, 0.15) is 17.6 Å². The zero-order chi connectivity index (χ0) is 18.2. The van der Waals surface area contributed by atoms with E-state index in [1.807, 2.05) is 29.2 Å². The lowest BCUT2D eigenvalue weighted by molar-refractivity contribution is -0.130. The van der Waals surface area contributed by atoms with Gasteiger partial charge in [0.2, 0.25) is 5.91 Å². The summed E-state index contributed by atoms with van der Waals surface area (Å²) in [6.07, 6.45) is 3.03. The predicted molar refractivity (Wildman–Crippen MR) is 95.9 cm³/mol. The van der Waals surface area contributed by atoms with E-state index in [4.69, 9.17) is 9.26 Å². The fourth-order valence-electron chi connectivity index (χ4n) is 3.93. The minimum Gasteiger partial charge on any atom is -0.370 e. The van der Waals surface area contributed by atoms with E-state index in [-0.39, 0.29) is 18.4 Å². The number of benzene rings is 1. The molecule has 1 fully saturated rings. The highest BCUT2D eigenvalue weighted by molar-refractivity contribution is 5.86. The lowest BCUT2D eigenvalue weighted by atomic mass is 10.1. The van der Waals surface area contributed by atoms with Gasteiger partial charge in [0.05, 0.1) is 6.42 Å². The molecule has 1 saturated heterocycles.